The van der Waals surface area contributed by atoms with E-state index in [9.17, 15) is 14.9 Å². The van der Waals surface area contributed by atoms with Gasteiger partial charge in [-0.1, -0.05) is 19.9 Å². The summed E-state index contributed by atoms with van der Waals surface area (Å²) in [6.45, 7) is 5.83. The van der Waals surface area contributed by atoms with E-state index in [1.165, 1.54) is 18.2 Å². The summed E-state index contributed by atoms with van der Waals surface area (Å²) in [5.41, 5.74) is -0.857. The second kappa shape index (κ2) is 6.17. The number of nitro benzene ring substituents is 1. The van der Waals surface area contributed by atoms with Crippen molar-refractivity contribution in [2.24, 2.45) is 5.92 Å². The average Bonchev–Trinajstić information content (AvgIpc) is 2.26. The van der Waals surface area contributed by atoms with Crippen molar-refractivity contribution in [2.45, 2.75) is 33.3 Å². The molecule has 1 N–H and O–H groups in total. The van der Waals surface area contributed by atoms with Gasteiger partial charge in [-0.2, -0.15) is 0 Å². The maximum absolute atomic E-state index is 11.0. The van der Waals surface area contributed by atoms with Crippen LogP contribution in [0.5, 0.6) is 5.75 Å². The van der Waals surface area contributed by atoms with Gasteiger partial charge in [-0.05, 0) is 31.4 Å². The Morgan fingerprint density at radius 3 is 2.53 bits per heavy atom. The van der Waals surface area contributed by atoms with Gasteiger partial charge in [0, 0.05) is 0 Å². The SMILES string of the molecule is CC(C)CC(C)Oc1cccc(C(=O)O)c1[N+](=O)[O-]. The minimum atomic E-state index is -1.34. The summed E-state index contributed by atoms with van der Waals surface area (Å²) >= 11 is 0. The molecule has 1 rings (SSSR count). The number of nitrogens with zero attached hydrogens (tertiary/aromatic N) is 1. The van der Waals surface area contributed by atoms with E-state index in [2.05, 4.69) is 0 Å². The highest BCUT2D eigenvalue weighted by Crippen LogP contribution is 2.32. The zero-order chi connectivity index (χ0) is 14.6. The first-order valence-corrected chi connectivity index (χ1v) is 6.00. The Hall–Kier alpha value is -2.11. The molecule has 6 nitrogen and oxygen atoms in total. The number of nitro groups is 1. The molecule has 0 aliphatic heterocycles. The van der Waals surface area contributed by atoms with Crippen LogP contribution in [0.2, 0.25) is 0 Å². The Labute approximate surface area is 111 Å². The van der Waals surface area contributed by atoms with Crippen LogP contribution in [0.4, 0.5) is 5.69 Å². The van der Waals surface area contributed by atoms with Crippen LogP contribution in [0.25, 0.3) is 0 Å². The third-order valence-corrected chi connectivity index (χ3v) is 2.54. The number of ether oxygens (including phenoxy) is 1. The lowest BCUT2D eigenvalue weighted by Gasteiger charge is -2.16. The van der Waals surface area contributed by atoms with E-state index < -0.39 is 16.6 Å². The summed E-state index contributed by atoms with van der Waals surface area (Å²) in [6, 6.07) is 4.05. The molecular weight excluding hydrogens is 250 g/mol. The number of rotatable bonds is 6. The highest BCUT2D eigenvalue weighted by Gasteiger charge is 2.26. The van der Waals surface area contributed by atoms with Crippen molar-refractivity contribution < 1.29 is 19.6 Å². The van der Waals surface area contributed by atoms with Gasteiger partial charge in [-0.3, -0.25) is 10.1 Å². The molecule has 1 aromatic carbocycles. The monoisotopic (exact) mass is 267 g/mol. The number of carboxylic acids is 1. The highest BCUT2D eigenvalue weighted by atomic mass is 16.6. The van der Waals surface area contributed by atoms with Crippen molar-refractivity contribution in [1.29, 1.82) is 0 Å². The molecule has 0 amide bonds. The van der Waals surface area contributed by atoms with Crippen molar-refractivity contribution in [3.8, 4) is 5.75 Å². The number of carbonyl (C=O) groups is 1. The Balaban J connectivity index is 3.10. The van der Waals surface area contributed by atoms with E-state index in [1.54, 1.807) is 6.92 Å². The van der Waals surface area contributed by atoms with Crippen LogP contribution >= 0.6 is 0 Å². The lowest BCUT2D eigenvalue weighted by atomic mass is 10.1. The summed E-state index contributed by atoms with van der Waals surface area (Å²) in [6.07, 6.45) is 0.511. The van der Waals surface area contributed by atoms with E-state index in [0.717, 1.165) is 6.42 Å². The Bertz CT molecular complexity index is 484. The van der Waals surface area contributed by atoms with E-state index in [-0.39, 0.29) is 17.4 Å². The van der Waals surface area contributed by atoms with E-state index in [4.69, 9.17) is 9.84 Å². The van der Waals surface area contributed by atoms with Crippen molar-refractivity contribution in [2.75, 3.05) is 0 Å². The molecule has 0 aromatic heterocycles. The summed E-state index contributed by atoms with van der Waals surface area (Å²) in [5, 5.41) is 20.0. The normalized spacial score (nSPS) is 12.2. The number of hydrogen-bond donors (Lipinski definition) is 1. The number of benzene rings is 1. The molecule has 19 heavy (non-hydrogen) atoms. The zero-order valence-electron chi connectivity index (χ0n) is 11.1. The molecule has 0 radical (unpaired) electrons. The van der Waals surface area contributed by atoms with Crippen LogP contribution in [0, 0.1) is 16.0 Å². The molecule has 0 fully saturated rings. The Morgan fingerprint density at radius 1 is 1.42 bits per heavy atom. The van der Waals surface area contributed by atoms with Crippen LogP contribution < -0.4 is 4.74 Å². The quantitative estimate of drug-likeness (QED) is 0.631. The predicted molar refractivity (Wildman–Crippen MR) is 69.6 cm³/mol. The smallest absolute Gasteiger partial charge is 0.342 e. The van der Waals surface area contributed by atoms with E-state index >= 15 is 0 Å². The number of aromatic carboxylic acids is 1. The van der Waals surface area contributed by atoms with Crippen LogP contribution in [0.1, 0.15) is 37.6 Å². The standard InChI is InChI=1S/C13H17NO5/c1-8(2)7-9(3)19-11-6-4-5-10(13(15)16)12(11)14(17)18/h4-6,8-9H,7H2,1-3H3,(H,15,16). The fourth-order valence-corrected chi connectivity index (χ4v) is 1.91. The van der Waals surface area contributed by atoms with Crippen LogP contribution in [-0.2, 0) is 0 Å². The van der Waals surface area contributed by atoms with Crippen LogP contribution in [0.15, 0.2) is 18.2 Å². The van der Waals surface area contributed by atoms with Crippen molar-refractivity contribution in [3.05, 3.63) is 33.9 Å². The lowest BCUT2D eigenvalue weighted by molar-refractivity contribution is -0.386. The largest absolute Gasteiger partial charge is 0.484 e. The Morgan fingerprint density at radius 2 is 2.05 bits per heavy atom. The first-order valence-electron chi connectivity index (χ1n) is 6.00. The van der Waals surface area contributed by atoms with Gasteiger partial charge in [-0.15, -0.1) is 0 Å². The molecule has 0 aliphatic rings. The van der Waals surface area contributed by atoms with Gasteiger partial charge in [-0.25, -0.2) is 4.79 Å². The molecule has 0 saturated heterocycles. The molecule has 1 unspecified atom stereocenters. The fourth-order valence-electron chi connectivity index (χ4n) is 1.91. The lowest BCUT2D eigenvalue weighted by Crippen LogP contribution is -2.16. The maximum atomic E-state index is 11.0. The summed E-state index contributed by atoms with van der Waals surface area (Å²) in [4.78, 5) is 21.3. The van der Waals surface area contributed by atoms with Gasteiger partial charge in [0.05, 0.1) is 11.0 Å². The highest BCUT2D eigenvalue weighted by molar-refractivity contribution is 5.93. The molecule has 0 saturated carbocycles. The fraction of sp³-hybridized carbons (Fsp3) is 0.462. The number of carboxylic acid groups (broad SMARTS) is 1. The molecule has 0 spiro atoms. The second-order valence-corrected chi connectivity index (χ2v) is 4.77. The maximum Gasteiger partial charge on any atom is 0.342 e. The van der Waals surface area contributed by atoms with Crippen molar-refractivity contribution >= 4 is 11.7 Å². The van der Waals surface area contributed by atoms with Gasteiger partial charge in [0.25, 0.3) is 0 Å². The zero-order valence-corrected chi connectivity index (χ0v) is 11.1. The minimum absolute atomic E-state index is 0.00181. The Kier molecular flexibility index (Phi) is 4.86. The first-order chi connectivity index (χ1) is 8.82. The van der Waals surface area contributed by atoms with Crippen molar-refractivity contribution in [3.63, 3.8) is 0 Å². The minimum Gasteiger partial charge on any atom is -0.484 e. The second-order valence-electron chi connectivity index (χ2n) is 4.77. The molecule has 0 bridgehead atoms. The molecule has 1 aromatic rings. The van der Waals surface area contributed by atoms with Crippen LogP contribution in [0.3, 0.4) is 0 Å². The van der Waals surface area contributed by atoms with Gasteiger partial charge < -0.3 is 9.84 Å². The van der Waals surface area contributed by atoms with Crippen LogP contribution in [-0.4, -0.2) is 22.1 Å². The first kappa shape index (κ1) is 14.9. The molecule has 6 heteroatoms. The van der Waals surface area contributed by atoms with E-state index in [1.807, 2.05) is 13.8 Å². The molecule has 0 heterocycles. The van der Waals surface area contributed by atoms with Crippen molar-refractivity contribution in [1.82, 2.24) is 0 Å². The summed E-state index contributed by atoms with van der Waals surface area (Å²) < 4.78 is 5.50. The molecule has 0 aliphatic carbocycles. The molecule has 104 valence electrons. The van der Waals surface area contributed by atoms with Gasteiger partial charge in [0.2, 0.25) is 0 Å². The molecular formula is C13H17NO5. The summed E-state index contributed by atoms with van der Waals surface area (Å²) in [7, 11) is 0. The number of para-hydroxylation sites is 1. The average molecular weight is 267 g/mol. The third-order valence-electron chi connectivity index (χ3n) is 2.54. The predicted octanol–water partition coefficient (Wildman–Crippen LogP) is 3.11. The topological polar surface area (TPSA) is 89.7 Å². The number of hydrogen-bond acceptors (Lipinski definition) is 4. The van der Waals surface area contributed by atoms with Gasteiger partial charge in [0.1, 0.15) is 5.56 Å². The third kappa shape index (κ3) is 3.94. The molecule has 1 atom stereocenters. The van der Waals surface area contributed by atoms with Gasteiger partial charge >= 0.3 is 11.7 Å². The summed E-state index contributed by atoms with van der Waals surface area (Å²) in [5.74, 6) is -0.955. The van der Waals surface area contributed by atoms with E-state index in [0.29, 0.717) is 5.92 Å². The van der Waals surface area contributed by atoms with Gasteiger partial charge in [0.15, 0.2) is 5.75 Å².